The summed E-state index contributed by atoms with van der Waals surface area (Å²) in [4.78, 5) is 24.3. The van der Waals surface area contributed by atoms with Crippen LogP contribution < -0.4 is 0 Å². The molecule has 0 spiro atoms. The molecule has 142 valence electrons. The third-order valence-electron chi connectivity index (χ3n) is 4.20. The number of carbonyl (C=O) groups is 2. The number of carbonyl (C=O) groups excluding carboxylic acids is 2. The normalized spacial score (nSPS) is 24.4. The van der Waals surface area contributed by atoms with Gasteiger partial charge in [-0.25, -0.2) is 9.59 Å². The molecule has 7 nitrogen and oxygen atoms in total. The minimum absolute atomic E-state index is 0.150. The molecule has 2 aromatic carbocycles. The molecule has 0 bridgehead atoms. The van der Waals surface area contributed by atoms with Gasteiger partial charge in [0.25, 0.3) is 0 Å². The van der Waals surface area contributed by atoms with Crippen LogP contribution in [0, 0.1) is 0 Å². The lowest BCUT2D eigenvalue weighted by Gasteiger charge is -2.21. The monoisotopic (exact) mass is 372 g/mol. The predicted molar refractivity (Wildman–Crippen MR) is 94.0 cm³/mol. The summed E-state index contributed by atoms with van der Waals surface area (Å²) in [5, 5.41) is 10.1. The zero-order chi connectivity index (χ0) is 19.2. The number of hydrogen-bond donors (Lipinski definition) is 1. The average Bonchev–Trinajstić information content (AvgIpc) is 3.01. The first-order valence-corrected chi connectivity index (χ1v) is 8.44. The molecule has 7 heteroatoms. The van der Waals surface area contributed by atoms with Crippen LogP contribution in [0.5, 0.6) is 0 Å². The van der Waals surface area contributed by atoms with Crippen molar-refractivity contribution in [1.82, 2.24) is 0 Å². The minimum Gasteiger partial charge on any atom is -0.459 e. The molecule has 0 aliphatic carbocycles. The van der Waals surface area contributed by atoms with E-state index < -0.39 is 36.5 Å². The molecule has 2 aromatic rings. The van der Waals surface area contributed by atoms with Gasteiger partial charge >= 0.3 is 11.9 Å². The maximum Gasteiger partial charge on any atom is 0.338 e. The second-order valence-corrected chi connectivity index (χ2v) is 5.97. The molecule has 1 aliphatic heterocycles. The van der Waals surface area contributed by atoms with E-state index >= 15 is 0 Å². The first-order valence-electron chi connectivity index (χ1n) is 8.44. The van der Waals surface area contributed by atoms with Crippen molar-refractivity contribution in [3.8, 4) is 0 Å². The van der Waals surface area contributed by atoms with E-state index in [-0.39, 0.29) is 6.61 Å². The molecule has 0 saturated carbocycles. The van der Waals surface area contributed by atoms with Crippen LogP contribution >= 0.6 is 0 Å². The molecular weight excluding hydrogens is 352 g/mol. The Balaban J connectivity index is 1.61. The van der Waals surface area contributed by atoms with Crippen LogP contribution in [0.2, 0.25) is 0 Å². The molecule has 1 fully saturated rings. The number of hydrogen-bond acceptors (Lipinski definition) is 7. The SMILES string of the molecule is CO[C@H]1[C@@H](COC(=O)c2ccccc2)OC(O)[C@@H]1OC(=O)c1ccccc1. The summed E-state index contributed by atoms with van der Waals surface area (Å²) in [5.74, 6) is -1.12. The molecule has 0 amide bonds. The largest absolute Gasteiger partial charge is 0.459 e. The molecule has 1 unspecified atom stereocenters. The Labute approximate surface area is 156 Å². The second-order valence-electron chi connectivity index (χ2n) is 5.97. The van der Waals surface area contributed by atoms with E-state index in [4.69, 9.17) is 18.9 Å². The van der Waals surface area contributed by atoms with E-state index in [1.165, 1.54) is 7.11 Å². The number of aliphatic hydroxyl groups is 1. The molecule has 1 N–H and O–H groups in total. The van der Waals surface area contributed by atoms with Gasteiger partial charge in [0, 0.05) is 7.11 Å². The van der Waals surface area contributed by atoms with E-state index in [1.807, 2.05) is 0 Å². The fraction of sp³-hybridized carbons (Fsp3) is 0.300. The maximum absolute atomic E-state index is 12.2. The lowest BCUT2D eigenvalue weighted by atomic mass is 10.1. The topological polar surface area (TPSA) is 91.3 Å². The highest BCUT2D eigenvalue weighted by molar-refractivity contribution is 5.89. The summed E-state index contributed by atoms with van der Waals surface area (Å²) in [5.41, 5.74) is 0.746. The van der Waals surface area contributed by atoms with Crippen molar-refractivity contribution in [2.75, 3.05) is 13.7 Å². The fourth-order valence-electron chi connectivity index (χ4n) is 2.83. The molecule has 4 atom stereocenters. The Kier molecular flexibility index (Phi) is 6.18. The van der Waals surface area contributed by atoms with Gasteiger partial charge in [-0.3, -0.25) is 0 Å². The summed E-state index contributed by atoms with van der Waals surface area (Å²) < 4.78 is 21.3. The van der Waals surface area contributed by atoms with Crippen molar-refractivity contribution in [2.24, 2.45) is 0 Å². The predicted octanol–water partition coefficient (Wildman–Crippen LogP) is 1.80. The summed E-state index contributed by atoms with van der Waals surface area (Å²) in [6.45, 7) is -0.150. The minimum atomic E-state index is -1.39. The van der Waals surface area contributed by atoms with Gasteiger partial charge in [0.2, 0.25) is 0 Å². The van der Waals surface area contributed by atoms with Gasteiger partial charge in [-0.1, -0.05) is 36.4 Å². The molecule has 0 aromatic heterocycles. The van der Waals surface area contributed by atoms with Crippen LogP contribution in [-0.2, 0) is 18.9 Å². The van der Waals surface area contributed by atoms with Gasteiger partial charge in [-0.15, -0.1) is 0 Å². The van der Waals surface area contributed by atoms with Crippen LogP contribution in [-0.4, -0.2) is 55.4 Å². The molecule has 0 radical (unpaired) electrons. The Bertz CT molecular complexity index is 762. The van der Waals surface area contributed by atoms with Gasteiger partial charge in [0.15, 0.2) is 12.4 Å². The van der Waals surface area contributed by atoms with Crippen molar-refractivity contribution in [1.29, 1.82) is 0 Å². The van der Waals surface area contributed by atoms with Crippen molar-refractivity contribution in [2.45, 2.75) is 24.6 Å². The lowest BCUT2D eigenvalue weighted by Crippen LogP contribution is -2.40. The number of methoxy groups -OCH3 is 1. The van der Waals surface area contributed by atoms with Crippen LogP contribution in [0.4, 0.5) is 0 Å². The zero-order valence-corrected chi connectivity index (χ0v) is 14.7. The van der Waals surface area contributed by atoms with E-state index in [1.54, 1.807) is 60.7 Å². The third-order valence-corrected chi connectivity index (χ3v) is 4.20. The molecule has 27 heavy (non-hydrogen) atoms. The van der Waals surface area contributed by atoms with E-state index in [9.17, 15) is 14.7 Å². The number of benzene rings is 2. The number of esters is 2. The quantitative estimate of drug-likeness (QED) is 0.773. The first kappa shape index (κ1) is 19.0. The molecule has 3 rings (SSSR count). The Morgan fingerprint density at radius 1 is 0.926 bits per heavy atom. The van der Waals surface area contributed by atoms with Gasteiger partial charge in [0.05, 0.1) is 11.1 Å². The standard InChI is InChI=1S/C20H20O7/c1-24-16-15(12-25-18(21)13-8-4-2-5-9-13)26-20(23)17(16)27-19(22)14-10-6-3-7-11-14/h2-11,15-17,20,23H,12H2,1H3/t15-,16+,17-,20?/m1/s1. The maximum atomic E-state index is 12.2. The molecule has 1 saturated heterocycles. The van der Waals surface area contributed by atoms with Gasteiger partial charge < -0.3 is 24.1 Å². The third kappa shape index (κ3) is 4.51. The van der Waals surface area contributed by atoms with Gasteiger partial charge in [-0.2, -0.15) is 0 Å². The number of aliphatic hydroxyl groups excluding tert-OH is 1. The Morgan fingerprint density at radius 2 is 1.48 bits per heavy atom. The summed E-state index contributed by atoms with van der Waals surface area (Å²) in [6.07, 6.45) is -3.98. The Morgan fingerprint density at radius 3 is 2.04 bits per heavy atom. The number of ether oxygens (including phenoxy) is 4. The van der Waals surface area contributed by atoms with E-state index in [2.05, 4.69) is 0 Å². The van der Waals surface area contributed by atoms with E-state index in [0.29, 0.717) is 11.1 Å². The smallest absolute Gasteiger partial charge is 0.338 e. The number of rotatable bonds is 6. The Hall–Kier alpha value is -2.74. The highest BCUT2D eigenvalue weighted by Gasteiger charge is 2.47. The highest BCUT2D eigenvalue weighted by Crippen LogP contribution is 2.26. The van der Waals surface area contributed by atoms with Crippen molar-refractivity contribution < 1.29 is 33.6 Å². The molecule has 1 heterocycles. The van der Waals surface area contributed by atoms with Gasteiger partial charge in [-0.05, 0) is 24.3 Å². The average molecular weight is 372 g/mol. The van der Waals surface area contributed by atoms with Crippen molar-refractivity contribution in [3.63, 3.8) is 0 Å². The van der Waals surface area contributed by atoms with Crippen molar-refractivity contribution in [3.05, 3.63) is 71.8 Å². The summed E-state index contributed by atoms with van der Waals surface area (Å²) in [6, 6.07) is 16.9. The molecular formula is C20H20O7. The van der Waals surface area contributed by atoms with Crippen LogP contribution in [0.15, 0.2) is 60.7 Å². The van der Waals surface area contributed by atoms with E-state index in [0.717, 1.165) is 0 Å². The van der Waals surface area contributed by atoms with Crippen LogP contribution in [0.3, 0.4) is 0 Å². The van der Waals surface area contributed by atoms with Crippen molar-refractivity contribution >= 4 is 11.9 Å². The highest BCUT2D eigenvalue weighted by atomic mass is 16.7. The molecule has 1 aliphatic rings. The first-order chi connectivity index (χ1) is 13.1. The lowest BCUT2D eigenvalue weighted by molar-refractivity contribution is -0.135. The van der Waals surface area contributed by atoms with Gasteiger partial charge in [0.1, 0.15) is 18.8 Å². The fourth-order valence-corrected chi connectivity index (χ4v) is 2.83. The summed E-state index contributed by atoms with van der Waals surface area (Å²) in [7, 11) is 1.40. The van der Waals surface area contributed by atoms with Crippen LogP contribution in [0.1, 0.15) is 20.7 Å². The second kappa shape index (κ2) is 8.77. The zero-order valence-electron chi connectivity index (χ0n) is 14.7. The summed E-state index contributed by atoms with van der Waals surface area (Å²) >= 11 is 0. The van der Waals surface area contributed by atoms with Crippen LogP contribution in [0.25, 0.3) is 0 Å².